The maximum Gasteiger partial charge on any atom is 0.237 e. The van der Waals surface area contributed by atoms with Crippen molar-refractivity contribution >= 4 is 29.1 Å². The van der Waals surface area contributed by atoms with E-state index in [1.165, 1.54) is 24.8 Å². The van der Waals surface area contributed by atoms with E-state index in [4.69, 9.17) is 0 Å². The molecule has 0 aliphatic rings. The highest BCUT2D eigenvalue weighted by atomic mass is 32.2. The van der Waals surface area contributed by atoms with Gasteiger partial charge in [-0.1, -0.05) is 54.2 Å². The second-order valence-corrected chi connectivity index (χ2v) is 9.05. The molecular weight excluding hydrogens is 451 g/mol. The summed E-state index contributed by atoms with van der Waals surface area (Å²) in [6.07, 6.45) is 0. The third-order valence-corrected chi connectivity index (χ3v) is 6.31. The van der Waals surface area contributed by atoms with Gasteiger partial charge in [0.15, 0.2) is 16.8 Å². The predicted molar refractivity (Wildman–Crippen MR) is 131 cm³/mol. The van der Waals surface area contributed by atoms with Crippen LogP contribution in [0.2, 0.25) is 0 Å². The summed E-state index contributed by atoms with van der Waals surface area (Å²) in [6.45, 7) is 3.70. The highest BCUT2D eigenvalue weighted by molar-refractivity contribution is 8.00. The van der Waals surface area contributed by atoms with Crippen LogP contribution in [0.5, 0.6) is 0 Å². The summed E-state index contributed by atoms with van der Waals surface area (Å²) in [5, 5.41) is 11.4. The van der Waals surface area contributed by atoms with Crippen molar-refractivity contribution in [1.82, 2.24) is 14.8 Å². The van der Waals surface area contributed by atoms with Gasteiger partial charge in [-0.25, -0.2) is 4.39 Å². The Hall–Kier alpha value is -3.78. The van der Waals surface area contributed by atoms with E-state index in [0.717, 1.165) is 5.56 Å². The van der Waals surface area contributed by atoms with E-state index in [1.807, 2.05) is 34.9 Å². The molecule has 1 amide bonds. The van der Waals surface area contributed by atoms with Crippen molar-refractivity contribution in [3.05, 3.63) is 95.8 Å². The first-order valence-electron chi connectivity index (χ1n) is 10.7. The molecule has 0 bridgehead atoms. The van der Waals surface area contributed by atoms with Crippen molar-refractivity contribution in [1.29, 1.82) is 0 Å². The molecule has 0 spiro atoms. The molecule has 0 radical (unpaired) electrons. The van der Waals surface area contributed by atoms with Crippen LogP contribution in [0.4, 0.5) is 10.1 Å². The second kappa shape index (κ2) is 10.4. The number of ketones is 1. The van der Waals surface area contributed by atoms with Crippen molar-refractivity contribution in [2.75, 3.05) is 5.32 Å². The molecule has 172 valence electrons. The number of aromatic nitrogens is 3. The maximum atomic E-state index is 14.5. The molecule has 34 heavy (non-hydrogen) atoms. The van der Waals surface area contributed by atoms with Crippen LogP contribution in [-0.4, -0.2) is 31.7 Å². The maximum absolute atomic E-state index is 14.5. The Bertz CT molecular complexity index is 1310. The zero-order valence-corrected chi connectivity index (χ0v) is 19.6. The number of rotatable bonds is 8. The molecule has 1 atom stereocenters. The van der Waals surface area contributed by atoms with Crippen LogP contribution in [0.15, 0.2) is 84.0 Å². The molecule has 0 aliphatic heterocycles. The Kier molecular flexibility index (Phi) is 7.18. The third kappa shape index (κ3) is 5.40. The lowest BCUT2D eigenvalue weighted by molar-refractivity contribution is -0.115. The lowest BCUT2D eigenvalue weighted by atomic mass is 10.1. The first kappa shape index (κ1) is 23.4. The molecule has 1 unspecified atom stereocenters. The topological polar surface area (TPSA) is 76.9 Å². The Balaban J connectivity index is 1.57. The van der Waals surface area contributed by atoms with Gasteiger partial charge >= 0.3 is 0 Å². The fraction of sp³-hybridized carbons (Fsp3) is 0.154. The molecule has 3 aromatic carbocycles. The van der Waals surface area contributed by atoms with E-state index >= 15 is 0 Å². The van der Waals surface area contributed by atoms with Gasteiger partial charge in [-0.05, 0) is 55.8 Å². The lowest BCUT2D eigenvalue weighted by Crippen LogP contribution is -2.23. The van der Waals surface area contributed by atoms with Crippen LogP contribution < -0.4 is 5.32 Å². The van der Waals surface area contributed by atoms with Gasteiger partial charge in [0.2, 0.25) is 5.91 Å². The summed E-state index contributed by atoms with van der Waals surface area (Å²) >= 11 is 1.25. The fourth-order valence-electron chi connectivity index (χ4n) is 3.37. The SMILES string of the molecule is CC(=O)c1ccc(NC(=O)C(C)Sc2nnc(-c3ccccc3F)n2Cc2ccccc2)cc1. The fourth-order valence-corrected chi connectivity index (χ4v) is 4.22. The number of nitrogens with one attached hydrogen (secondary N) is 1. The van der Waals surface area contributed by atoms with Gasteiger partial charge in [0, 0.05) is 11.3 Å². The van der Waals surface area contributed by atoms with E-state index < -0.39 is 5.25 Å². The van der Waals surface area contributed by atoms with Crippen molar-refractivity contribution < 1.29 is 14.0 Å². The summed E-state index contributed by atoms with van der Waals surface area (Å²) < 4.78 is 16.4. The third-order valence-electron chi connectivity index (χ3n) is 5.23. The summed E-state index contributed by atoms with van der Waals surface area (Å²) in [5.74, 6) is -0.245. The summed E-state index contributed by atoms with van der Waals surface area (Å²) in [7, 11) is 0. The Labute approximate surface area is 201 Å². The zero-order chi connectivity index (χ0) is 24.1. The first-order chi connectivity index (χ1) is 16.4. The number of carbonyl (C=O) groups is 2. The molecule has 0 saturated carbocycles. The van der Waals surface area contributed by atoms with Gasteiger partial charge in [0.05, 0.1) is 17.4 Å². The van der Waals surface area contributed by atoms with Gasteiger partial charge in [-0.3, -0.25) is 14.2 Å². The normalized spacial score (nSPS) is 11.7. The number of Topliss-reactive ketones (excluding diaryl/α,β-unsaturated/α-hetero) is 1. The van der Waals surface area contributed by atoms with Crippen LogP contribution in [0.1, 0.15) is 29.8 Å². The number of carbonyl (C=O) groups excluding carboxylic acids is 2. The minimum Gasteiger partial charge on any atom is -0.325 e. The van der Waals surface area contributed by atoms with Gasteiger partial charge in [-0.2, -0.15) is 0 Å². The minimum absolute atomic E-state index is 0.0368. The highest BCUT2D eigenvalue weighted by Crippen LogP contribution is 2.29. The number of anilines is 1. The number of benzene rings is 3. The minimum atomic E-state index is -0.500. The van der Waals surface area contributed by atoms with Gasteiger partial charge in [0.1, 0.15) is 5.82 Å². The molecule has 1 aromatic heterocycles. The molecule has 0 aliphatic carbocycles. The smallest absolute Gasteiger partial charge is 0.237 e. The van der Waals surface area contributed by atoms with Crippen LogP contribution in [-0.2, 0) is 11.3 Å². The summed E-state index contributed by atoms with van der Waals surface area (Å²) in [6, 6.07) is 22.9. The number of amides is 1. The van der Waals surface area contributed by atoms with Gasteiger partial charge < -0.3 is 5.32 Å². The van der Waals surface area contributed by atoms with Gasteiger partial charge in [-0.15, -0.1) is 10.2 Å². The zero-order valence-electron chi connectivity index (χ0n) is 18.7. The van der Waals surface area contributed by atoms with E-state index in [0.29, 0.717) is 34.3 Å². The van der Waals surface area contributed by atoms with Crippen LogP contribution in [0.25, 0.3) is 11.4 Å². The summed E-state index contributed by atoms with van der Waals surface area (Å²) in [4.78, 5) is 24.3. The molecule has 6 nitrogen and oxygen atoms in total. The largest absolute Gasteiger partial charge is 0.325 e. The van der Waals surface area contributed by atoms with Crippen LogP contribution in [0.3, 0.4) is 0 Å². The number of hydrogen-bond acceptors (Lipinski definition) is 5. The average molecular weight is 475 g/mol. The van der Waals surface area contributed by atoms with Crippen LogP contribution >= 0.6 is 11.8 Å². The molecular formula is C26H23FN4O2S. The summed E-state index contributed by atoms with van der Waals surface area (Å²) in [5.41, 5.74) is 2.53. The Morgan fingerprint density at radius 2 is 1.65 bits per heavy atom. The van der Waals surface area contributed by atoms with E-state index in [1.54, 1.807) is 49.4 Å². The number of halogens is 1. The molecule has 4 rings (SSSR count). The second-order valence-electron chi connectivity index (χ2n) is 7.74. The van der Waals surface area contributed by atoms with Crippen LogP contribution in [0, 0.1) is 5.82 Å². The molecule has 8 heteroatoms. The van der Waals surface area contributed by atoms with E-state index in [9.17, 15) is 14.0 Å². The first-order valence-corrected chi connectivity index (χ1v) is 11.6. The predicted octanol–water partition coefficient (Wildman–Crippen LogP) is 5.45. The van der Waals surface area contributed by atoms with E-state index in [2.05, 4.69) is 15.5 Å². The number of thioether (sulfide) groups is 1. The number of hydrogen-bond donors (Lipinski definition) is 1. The molecule has 4 aromatic rings. The quantitative estimate of drug-likeness (QED) is 0.271. The molecule has 1 N–H and O–H groups in total. The molecule has 0 saturated heterocycles. The molecule has 0 fully saturated rings. The van der Waals surface area contributed by atoms with Gasteiger partial charge in [0.25, 0.3) is 0 Å². The highest BCUT2D eigenvalue weighted by Gasteiger charge is 2.22. The van der Waals surface area contributed by atoms with Crippen molar-refractivity contribution in [2.45, 2.75) is 30.8 Å². The van der Waals surface area contributed by atoms with Crippen molar-refractivity contribution in [3.8, 4) is 11.4 Å². The Morgan fingerprint density at radius 1 is 0.971 bits per heavy atom. The van der Waals surface area contributed by atoms with Crippen molar-refractivity contribution in [3.63, 3.8) is 0 Å². The average Bonchev–Trinajstić information content (AvgIpc) is 3.22. The number of nitrogens with zero attached hydrogens (tertiary/aromatic N) is 3. The monoisotopic (exact) mass is 474 g/mol. The van der Waals surface area contributed by atoms with E-state index in [-0.39, 0.29) is 17.5 Å². The van der Waals surface area contributed by atoms with Crippen molar-refractivity contribution in [2.24, 2.45) is 0 Å². The Morgan fingerprint density at radius 3 is 2.32 bits per heavy atom. The lowest BCUT2D eigenvalue weighted by Gasteiger charge is -2.14. The standard InChI is InChI=1S/C26H23FN4O2S/c1-17(32)20-12-14-21(15-13-20)28-25(33)18(2)34-26-30-29-24(22-10-6-7-11-23(22)27)31(26)16-19-8-4-3-5-9-19/h3-15,18H,16H2,1-2H3,(H,28,33). The molecule has 1 heterocycles.